The highest BCUT2D eigenvalue weighted by atomic mass is 16.7. The zero-order valence-electron chi connectivity index (χ0n) is 18.4. The number of nitrogens with one attached hydrogen (secondary N) is 1. The molecule has 3 aromatic rings. The van der Waals surface area contributed by atoms with Crippen molar-refractivity contribution < 1.29 is 18.9 Å². The molecule has 3 aliphatic heterocycles. The van der Waals surface area contributed by atoms with Crippen LogP contribution in [0.4, 0.5) is 17.5 Å². The zero-order chi connectivity index (χ0) is 22.2. The predicted octanol–water partition coefficient (Wildman–Crippen LogP) is 3.31. The van der Waals surface area contributed by atoms with Gasteiger partial charge in [-0.15, -0.1) is 0 Å². The van der Waals surface area contributed by atoms with Crippen molar-refractivity contribution in [3.8, 4) is 23.0 Å². The number of rotatable bonds is 5. The topological polar surface area (TPSA) is 81.2 Å². The fourth-order valence-corrected chi connectivity index (χ4v) is 4.28. The Kier molecular flexibility index (Phi) is 5.03. The average molecular weight is 447 g/mol. The molecule has 0 atom stereocenters. The van der Waals surface area contributed by atoms with Crippen molar-refractivity contribution in [1.29, 1.82) is 0 Å². The van der Waals surface area contributed by atoms with Crippen LogP contribution in [0.25, 0.3) is 0 Å². The molecule has 0 bridgehead atoms. The number of fused-ring (bicyclic) bond motifs is 2. The van der Waals surface area contributed by atoms with Crippen LogP contribution >= 0.6 is 0 Å². The van der Waals surface area contributed by atoms with Gasteiger partial charge < -0.3 is 29.2 Å². The maximum absolute atomic E-state index is 5.51. The lowest BCUT2D eigenvalue weighted by atomic mass is 10.1. The molecule has 9 nitrogen and oxygen atoms in total. The molecule has 2 aromatic carbocycles. The van der Waals surface area contributed by atoms with Gasteiger partial charge in [-0.2, -0.15) is 4.98 Å². The largest absolute Gasteiger partial charge is 0.454 e. The van der Waals surface area contributed by atoms with Crippen molar-refractivity contribution in [3.63, 3.8) is 0 Å². The second-order valence-corrected chi connectivity index (χ2v) is 8.34. The maximum atomic E-state index is 5.51. The van der Waals surface area contributed by atoms with E-state index in [-0.39, 0.29) is 6.79 Å². The molecule has 0 amide bonds. The van der Waals surface area contributed by atoms with E-state index in [1.165, 1.54) is 5.56 Å². The summed E-state index contributed by atoms with van der Waals surface area (Å²) >= 11 is 0. The van der Waals surface area contributed by atoms with E-state index in [4.69, 9.17) is 23.9 Å². The van der Waals surface area contributed by atoms with Gasteiger partial charge in [-0.1, -0.05) is 6.07 Å². The van der Waals surface area contributed by atoms with Crippen LogP contribution in [-0.2, 0) is 6.54 Å². The van der Waals surface area contributed by atoms with Crippen molar-refractivity contribution >= 4 is 17.5 Å². The maximum Gasteiger partial charge on any atom is 0.231 e. The summed E-state index contributed by atoms with van der Waals surface area (Å²) in [6.07, 6.45) is 0. The van der Waals surface area contributed by atoms with E-state index in [2.05, 4.69) is 32.2 Å². The van der Waals surface area contributed by atoms with Gasteiger partial charge in [-0.05, 0) is 36.8 Å². The van der Waals surface area contributed by atoms with Gasteiger partial charge in [0.15, 0.2) is 23.0 Å². The van der Waals surface area contributed by atoms with Gasteiger partial charge in [0.25, 0.3) is 0 Å². The standard InChI is InChI=1S/C24H25N5O4/c1-16-10-23(26-18-3-5-20-22(12-18)33-15-31-20)27-24(25-16)29-8-6-28(7-9-29)13-17-2-4-19-21(11-17)32-14-30-19/h2-5,10-12H,6-9,13-15H2,1H3,(H,25,26,27). The van der Waals surface area contributed by atoms with Crippen LogP contribution in [0, 0.1) is 6.92 Å². The molecular weight excluding hydrogens is 422 g/mol. The summed E-state index contributed by atoms with van der Waals surface area (Å²) in [5, 5.41) is 3.37. The molecule has 33 heavy (non-hydrogen) atoms. The Balaban J connectivity index is 1.10. The van der Waals surface area contributed by atoms with Gasteiger partial charge in [0.2, 0.25) is 19.5 Å². The molecule has 0 unspecified atom stereocenters. The minimum absolute atomic E-state index is 0.260. The molecule has 4 heterocycles. The van der Waals surface area contributed by atoms with Crippen LogP contribution in [0.1, 0.15) is 11.3 Å². The highest BCUT2D eigenvalue weighted by molar-refractivity contribution is 5.62. The number of nitrogens with zero attached hydrogens (tertiary/aromatic N) is 4. The Morgan fingerprint density at radius 3 is 2.27 bits per heavy atom. The van der Waals surface area contributed by atoms with Crippen LogP contribution in [0.15, 0.2) is 42.5 Å². The molecule has 1 saturated heterocycles. The smallest absolute Gasteiger partial charge is 0.231 e. The van der Waals surface area contributed by atoms with Crippen molar-refractivity contribution in [3.05, 3.63) is 53.7 Å². The highest BCUT2D eigenvalue weighted by Crippen LogP contribution is 2.35. The third kappa shape index (κ3) is 4.19. The van der Waals surface area contributed by atoms with Gasteiger partial charge in [-0.25, -0.2) is 4.98 Å². The monoisotopic (exact) mass is 447 g/mol. The Morgan fingerprint density at radius 1 is 0.788 bits per heavy atom. The van der Waals surface area contributed by atoms with E-state index in [0.717, 1.165) is 78.9 Å². The van der Waals surface area contributed by atoms with Gasteiger partial charge >= 0.3 is 0 Å². The van der Waals surface area contributed by atoms with Crippen molar-refractivity contribution in [2.24, 2.45) is 0 Å². The lowest BCUT2D eigenvalue weighted by molar-refractivity contribution is 0.173. The van der Waals surface area contributed by atoms with Gasteiger partial charge in [0, 0.05) is 56.2 Å². The van der Waals surface area contributed by atoms with E-state index < -0.39 is 0 Å². The van der Waals surface area contributed by atoms with Gasteiger partial charge in [-0.3, -0.25) is 4.90 Å². The number of hydrogen-bond acceptors (Lipinski definition) is 9. The van der Waals surface area contributed by atoms with E-state index in [0.29, 0.717) is 6.79 Å². The Hall–Kier alpha value is -3.72. The van der Waals surface area contributed by atoms with Crippen molar-refractivity contribution in [1.82, 2.24) is 14.9 Å². The van der Waals surface area contributed by atoms with E-state index in [1.54, 1.807) is 0 Å². The Morgan fingerprint density at radius 2 is 1.48 bits per heavy atom. The number of ether oxygens (including phenoxy) is 4. The number of hydrogen-bond donors (Lipinski definition) is 1. The fraction of sp³-hybridized carbons (Fsp3) is 0.333. The molecule has 0 radical (unpaired) electrons. The summed E-state index contributed by atoms with van der Waals surface area (Å²) in [5.74, 6) is 4.68. The minimum Gasteiger partial charge on any atom is -0.454 e. The normalized spacial score (nSPS) is 16.8. The Labute approximate surface area is 191 Å². The van der Waals surface area contributed by atoms with Crippen molar-refractivity contribution in [2.75, 3.05) is 50.0 Å². The summed E-state index contributed by atoms with van der Waals surface area (Å²) in [4.78, 5) is 14.1. The lowest BCUT2D eigenvalue weighted by Gasteiger charge is -2.35. The molecule has 0 spiro atoms. The molecule has 0 aliphatic carbocycles. The zero-order valence-corrected chi connectivity index (χ0v) is 18.4. The highest BCUT2D eigenvalue weighted by Gasteiger charge is 2.21. The van der Waals surface area contributed by atoms with Crippen LogP contribution < -0.4 is 29.2 Å². The lowest BCUT2D eigenvalue weighted by Crippen LogP contribution is -2.46. The van der Waals surface area contributed by atoms with Crippen LogP contribution in [-0.4, -0.2) is 54.6 Å². The summed E-state index contributed by atoms with van der Waals surface area (Å²) in [6, 6.07) is 13.9. The van der Waals surface area contributed by atoms with Crippen molar-refractivity contribution in [2.45, 2.75) is 13.5 Å². The van der Waals surface area contributed by atoms with Crippen LogP contribution in [0.3, 0.4) is 0 Å². The number of aromatic nitrogens is 2. The summed E-state index contributed by atoms with van der Waals surface area (Å²) in [6.45, 7) is 7.07. The second kappa shape index (κ2) is 8.32. The molecule has 1 fully saturated rings. The first-order valence-electron chi connectivity index (χ1n) is 11.1. The molecular formula is C24H25N5O4. The van der Waals surface area contributed by atoms with Crippen LogP contribution in [0.5, 0.6) is 23.0 Å². The van der Waals surface area contributed by atoms with E-state index >= 15 is 0 Å². The van der Waals surface area contributed by atoms with E-state index in [9.17, 15) is 0 Å². The number of piperazine rings is 1. The third-order valence-corrected chi connectivity index (χ3v) is 5.99. The number of aryl methyl sites for hydroxylation is 1. The first-order valence-corrected chi connectivity index (χ1v) is 11.1. The quantitative estimate of drug-likeness (QED) is 0.633. The fourth-order valence-electron chi connectivity index (χ4n) is 4.28. The molecule has 6 rings (SSSR count). The minimum atomic E-state index is 0.260. The summed E-state index contributed by atoms with van der Waals surface area (Å²) in [5.41, 5.74) is 3.05. The Bertz CT molecular complexity index is 1180. The average Bonchev–Trinajstić information content (AvgIpc) is 3.48. The second-order valence-electron chi connectivity index (χ2n) is 8.34. The summed E-state index contributed by atoms with van der Waals surface area (Å²) in [7, 11) is 0. The SMILES string of the molecule is Cc1cc(Nc2ccc3c(c2)OCO3)nc(N2CCN(Cc3ccc4c(c3)OCO4)CC2)n1. The number of benzene rings is 2. The molecule has 170 valence electrons. The molecule has 3 aliphatic rings. The molecule has 0 saturated carbocycles. The first kappa shape index (κ1) is 19.9. The van der Waals surface area contributed by atoms with Gasteiger partial charge in [0.05, 0.1) is 0 Å². The molecule has 9 heteroatoms. The number of anilines is 3. The third-order valence-electron chi connectivity index (χ3n) is 5.99. The molecule has 1 aromatic heterocycles. The van der Waals surface area contributed by atoms with E-state index in [1.807, 2.05) is 37.3 Å². The molecule has 1 N–H and O–H groups in total. The first-order chi connectivity index (χ1) is 16.2. The van der Waals surface area contributed by atoms with Gasteiger partial charge in [0.1, 0.15) is 5.82 Å². The predicted molar refractivity (Wildman–Crippen MR) is 123 cm³/mol. The summed E-state index contributed by atoms with van der Waals surface area (Å²) < 4.78 is 21.8. The van der Waals surface area contributed by atoms with Crippen LogP contribution in [0.2, 0.25) is 0 Å².